The maximum absolute atomic E-state index is 12.9. The van der Waals surface area contributed by atoms with Crippen LogP contribution >= 0.6 is 0 Å². The van der Waals surface area contributed by atoms with Crippen molar-refractivity contribution < 1.29 is 9.18 Å². The molecule has 0 atom stereocenters. The number of nitrogens with zero attached hydrogens (tertiary/aromatic N) is 3. The van der Waals surface area contributed by atoms with E-state index in [1.807, 2.05) is 0 Å². The first kappa shape index (κ1) is 11.8. The number of carbonyl (C=O) groups is 1. The van der Waals surface area contributed by atoms with E-state index >= 15 is 0 Å². The lowest BCUT2D eigenvalue weighted by atomic mass is 10.0. The number of hydrogen-bond donors (Lipinski definition) is 1. The van der Waals surface area contributed by atoms with Crippen molar-refractivity contribution in [3.05, 3.63) is 47.5 Å². The lowest BCUT2D eigenvalue weighted by molar-refractivity contribution is 0.0925. The highest BCUT2D eigenvalue weighted by Crippen LogP contribution is 2.45. The Morgan fingerprint density at radius 2 is 2.05 bits per heavy atom. The normalized spacial score (nSPS) is 16.1. The van der Waals surface area contributed by atoms with Gasteiger partial charge in [-0.3, -0.25) is 9.48 Å². The molecule has 1 fully saturated rings. The van der Waals surface area contributed by atoms with Gasteiger partial charge >= 0.3 is 0 Å². The molecule has 6 heteroatoms. The van der Waals surface area contributed by atoms with Crippen LogP contribution in [0.5, 0.6) is 0 Å². The van der Waals surface area contributed by atoms with Crippen molar-refractivity contribution >= 4 is 5.91 Å². The number of rotatable bonds is 3. The third-order valence-corrected chi connectivity index (χ3v) is 3.33. The molecule has 1 aromatic heterocycles. The smallest absolute Gasteiger partial charge is 0.274 e. The Morgan fingerprint density at radius 3 is 2.58 bits per heavy atom. The molecule has 0 saturated heterocycles. The molecule has 1 aromatic carbocycles. The zero-order valence-electron chi connectivity index (χ0n) is 10.4. The number of amides is 1. The van der Waals surface area contributed by atoms with Gasteiger partial charge < -0.3 is 5.32 Å². The molecule has 98 valence electrons. The molecular formula is C13H13FN4O. The first-order valence-electron chi connectivity index (χ1n) is 6.04. The van der Waals surface area contributed by atoms with E-state index < -0.39 is 0 Å². The summed E-state index contributed by atoms with van der Waals surface area (Å²) in [5, 5.41) is 10.5. The summed E-state index contributed by atoms with van der Waals surface area (Å²) in [6, 6.07) is 6.23. The molecular weight excluding hydrogens is 247 g/mol. The fourth-order valence-electron chi connectivity index (χ4n) is 2.11. The van der Waals surface area contributed by atoms with Gasteiger partial charge in [-0.25, -0.2) is 4.39 Å². The van der Waals surface area contributed by atoms with E-state index in [0.717, 1.165) is 18.4 Å². The molecule has 1 amide bonds. The maximum atomic E-state index is 12.9. The first-order valence-corrected chi connectivity index (χ1v) is 6.04. The van der Waals surface area contributed by atoms with Crippen LogP contribution in [0.1, 0.15) is 28.9 Å². The number of carbonyl (C=O) groups excluding carboxylic acids is 1. The van der Waals surface area contributed by atoms with Crippen molar-refractivity contribution in [2.75, 3.05) is 0 Å². The number of benzene rings is 1. The molecule has 2 aromatic rings. The Kier molecular flexibility index (Phi) is 2.58. The monoisotopic (exact) mass is 260 g/mol. The van der Waals surface area contributed by atoms with E-state index in [4.69, 9.17) is 0 Å². The van der Waals surface area contributed by atoms with E-state index in [-0.39, 0.29) is 23.0 Å². The molecule has 1 N–H and O–H groups in total. The minimum absolute atomic E-state index is 0.255. The molecule has 1 heterocycles. The molecule has 1 saturated carbocycles. The molecule has 0 spiro atoms. The van der Waals surface area contributed by atoms with Crippen molar-refractivity contribution in [3.8, 4) is 0 Å². The molecule has 19 heavy (non-hydrogen) atoms. The van der Waals surface area contributed by atoms with E-state index in [1.165, 1.54) is 16.8 Å². The second-order valence-electron chi connectivity index (χ2n) is 4.82. The summed E-state index contributed by atoms with van der Waals surface area (Å²) in [4.78, 5) is 12.1. The van der Waals surface area contributed by atoms with Crippen LogP contribution < -0.4 is 5.32 Å². The highest BCUT2D eigenvalue weighted by Gasteiger charge is 2.46. The van der Waals surface area contributed by atoms with Crippen LogP contribution in [0.3, 0.4) is 0 Å². The van der Waals surface area contributed by atoms with Crippen LogP contribution in [0.15, 0.2) is 30.5 Å². The quantitative estimate of drug-likeness (QED) is 0.906. The van der Waals surface area contributed by atoms with E-state index in [0.29, 0.717) is 0 Å². The second kappa shape index (κ2) is 4.15. The maximum Gasteiger partial charge on any atom is 0.274 e. The summed E-state index contributed by atoms with van der Waals surface area (Å²) < 4.78 is 14.4. The van der Waals surface area contributed by atoms with Crippen LogP contribution in [-0.2, 0) is 12.6 Å². The van der Waals surface area contributed by atoms with Gasteiger partial charge in [0.1, 0.15) is 5.82 Å². The van der Waals surface area contributed by atoms with Crippen LogP contribution in [0.2, 0.25) is 0 Å². The minimum atomic E-state index is -0.373. The Labute approximate surface area is 109 Å². The molecule has 0 bridgehead atoms. The highest BCUT2D eigenvalue weighted by atomic mass is 19.1. The van der Waals surface area contributed by atoms with Gasteiger partial charge in [-0.05, 0) is 30.5 Å². The fraction of sp³-hybridized carbons (Fsp3) is 0.308. The second-order valence-corrected chi connectivity index (χ2v) is 4.82. The average molecular weight is 260 g/mol. The van der Waals surface area contributed by atoms with Crippen LogP contribution in [0, 0.1) is 5.82 Å². The van der Waals surface area contributed by atoms with Crippen molar-refractivity contribution in [3.63, 3.8) is 0 Å². The van der Waals surface area contributed by atoms with Crippen LogP contribution in [-0.4, -0.2) is 20.9 Å². The zero-order chi connectivity index (χ0) is 13.5. The van der Waals surface area contributed by atoms with Crippen LogP contribution in [0.25, 0.3) is 0 Å². The van der Waals surface area contributed by atoms with Gasteiger partial charge in [0.2, 0.25) is 0 Å². The van der Waals surface area contributed by atoms with Crippen LogP contribution in [0.4, 0.5) is 4.39 Å². The molecule has 1 aliphatic rings. The molecule has 3 rings (SSSR count). The Hall–Kier alpha value is -2.24. The average Bonchev–Trinajstić information content (AvgIpc) is 3.03. The molecule has 5 nitrogen and oxygen atoms in total. The summed E-state index contributed by atoms with van der Waals surface area (Å²) in [6.07, 6.45) is 3.27. The van der Waals surface area contributed by atoms with Gasteiger partial charge in [0.15, 0.2) is 5.69 Å². The van der Waals surface area contributed by atoms with E-state index in [9.17, 15) is 9.18 Å². The third-order valence-electron chi connectivity index (χ3n) is 3.33. The van der Waals surface area contributed by atoms with Gasteiger partial charge in [0, 0.05) is 7.05 Å². The molecule has 0 radical (unpaired) electrons. The Bertz CT molecular complexity index is 616. The summed E-state index contributed by atoms with van der Waals surface area (Å²) >= 11 is 0. The Balaban J connectivity index is 1.79. The summed E-state index contributed by atoms with van der Waals surface area (Å²) in [6.45, 7) is 0. The number of hydrogen-bond acceptors (Lipinski definition) is 3. The predicted molar refractivity (Wildman–Crippen MR) is 65.8 cm³/mol. The van der Waals surface area contributed by atoms with Crippen molar-refractivity contribution in [1.29, 1.82) is 0 Å². The largest absolute Gasteiger partial charge is 0.341 e. The molecule has 0 aliphatic heterocycles. The predicted octanol–water partition coefficient (Wildman–Crippen LogP) is 1.37. The molecule has 1 aliphatic carbocycles. The lowest BCUT2D eigenvalue weighted by Crippen LogP contribution is -2.35. The molecule has 0 unspecified atom stereocenters. The highest BCUT2D eigenvalue weighted by molar-refractivity contribution is 5.92. The van der Waals surface area contributed by atoms with Crippen molar-refractivity contribution in [2.45, 2.75) is 18.4 Å². The lowest BCUT2D eigenvalue weighted by Gasteiger charge is -2.17. The Morgan fingerprint density at radius 1 is 1.37 bits per heavy atom. The standard InChI is InChI=1S/C13H13FN4O/c1-18-8-11(16-17-18)12(19)15-13(6-7-13)9-2-4-10(14)5-3-9/h2-5,8H,6-7H2,1H3,(H,15,19). The van der Waals surface area contributed by atoms with Gasteiger partial charge in [-0.1, -0.05) is 17.3 Å². The van der Waals surface area contributed by atoms with Crippen molar-refractivity contribution in [1.82, 2.24) is 20.3 Å². The van der Waals surface area contributed by atoms with E-state index in [2.05, 4.69) is 15.6 Å². The zero-order valence-corrected chi connectivity index (χ0v) is 10.4. The first-order chi connectivity index (χ1) is 9.09. The fourth-order valence-corrected chi connectivity index (χ4v) is 2.11. The summed E-state index contributed by atoms with van der Waals surface area (Å²) in [5.74, 6) is -0.533. The topological polar surface area (TPSA) is 59.8 Å². The van der Waals surface area contributed by atoms with Crippen molar-refractivity contribution in [2.24, 2.45) is 7.05 Å². The number of halogens is 1. The summed E-state index contributed by atoms with van der Waals surface area (Å²) in [5.41, 5.74) is 0.837. The number of aromatic nitrogens is 3. The van der Waals surface area contributed by atoms with E-state index in [1.54, 1.807) is 25.4 Å². The number of aryl methyl sites for hydroxylation is 1. The summed E-state index contributed by atoms with van der Waals surface area (Å²) in [7, 11) is 1.71. The third kappa shape index (κ3) is 2.21. The van der Waals surface area contributed by atoms with Gasteiger partial charge in [-0.2, -0.15) is 0 Å². The van der Waals surface area contributed by atoms with Gasteiger partial charge in [0.05, 0.1) is 11.7 Å². The number of nitrogens with one attached hydrogen (secondary N) is 1. The SMILES string of the molecule is Cn1cc(C(=O)NC2(c3ccc(F)cc3)CC2)nn1. The van der Waals surface area contributed by atoms with Gasteiger partial charge in [-0.15, -0.1) is 5.10 Å². The minimum Gasteiger partial charge on any atom is -0.341 e. The van der Waals surface area contributed by atoms with Gasteiger partial charge in [0.25, 0.3) is 5.91 Å².